The summed E-state index contributed by atoms with van der Waals surface area (Å²) in [4.78, 5) is 12.0. The highest BCUT2D eigenvalue weighted by atomic mass is 32.2. The average Bonchev–Trinajstić information content (AvgIpc) is 2.43. The Morgan fingerprint density at radius 1 is 1.27 bits per heavy atom. The third kappa shape index (κ3) is 5.96. The van der Waals surface area contributed by atoms with Gasteiger partial charge in [0.25, 0.3) is 0 Å². The first-order valence-corrected chi connectivity index (χ1v) is 9.81. The molecule has 0 saturated heterocycles. The molecule has 0 heterocycles. The lowest BCUT2D eigenvalue weighted by atomic mass is 10.2. The second-order valence-corrected chi connectivity index (χ2v) is 7.88. The minimum Gasteiger partial charge on any atom is -0.325 e. The molecule has 8 heteroatoms. The molecular formula is C14H23N3O3S2. The van der Waals surface area contributed by atoms with Gasteiger partial charge < -0.3 is 11.1 Å². The van der Waals surface area contributed by atoms with E-state index in [-0.39, 0.29) is 16.8 Å². The smallest absolute Gasteiger partial charge is 0.241 e. The van der Waals surface area contributed by atoms with Gasteiger partial charge in [-0.1, -0.05) is 0 Å². The normalized spacial score (nSPS) is 13.1. The predicted molar refractivity (Wildman–Crippen MR) is 91.5 cm³/mol. The summed E-state index contributed by atoms with van der Waals surface area (Å²) in [6.45, 7) is 3.50. The van der Waals surface area contributed by atoms with E-state index in [4.69, 9.17) is 5.73 Å². The van der Waals surface area contributed by atoms with Gasteiger partial charge in [0.1, 0.15) is 0 Å². The van der Waals surface area contributed by atoms with Crippen LogP contribution in [0.3, 0.4) is 0 Å². The minimum atomic E-state index is -3.52. The largest absolute Gasteiger partial charge is 0.325 e. The molecule has 1 aromatic rings. The van der Waals surface area contributed by atoms with Crippen LogP contribution >= 0.6 is 11.8 Å². The molecule has 0 spiro atoms. The standard InChI is InChI=1S/C14H23N3O3S2/c1-10(2)17-22(19,20)12-6-4-11(5-7-12)16-14(18)13(15)8-9-21-3/h4-7,10,13,17H,8-9,15H2,1-3H3,(H,16,18)/t13-/m0/s1. The van der Waals surface area contributed by atoms with E-state index >= 15 is 0 Å². The lowest BCUT2D eigenvalue weighted by Crippen LogP contribution is -2.36. The highest BCUT2D eigenvalue weighted by Crippen LogP contribution is 2.15. The molecule has 0 aliphatic heterocycles. The van der Waals surface area contributed by atoms with Crippen LogP contribution in [0, 0.1) is 0 Å². The number of amides is 1. The topological polar surface area (TPSA) is 101 Å². The summed E-state index contributed by atoms with van der Waals surface area (Å²) in [6.07, 6.45) is 2.55. The molecule has 1 aromatic carbocycles. The van der Waals surface area contributed by atoms with Crippen molar-refractivity contribution in [3.8, 4) is 0 Å². The van der Waals surface area contributed by atoms with E-state index in [1.807, 2.05) is 6.26 Å². The number of benzene rings is 1. The Balaban J connectivity index is 2.71. The van der Waals surface area contributed by atoms with Crippen molar-refractivity contribution in [2.45, 2.75) is 37.2 Å². The van der Waals surface area contributed by atoms with Crippen molar-refractivity contribution in [3.63, 3.8) is 0 Å². The molecule has 0 aliphatic carbocycles. The molecule has 0 radical (unpaired) electrons. The number of carbonyl (C=O) groups is 1. The lowest BCUT2D eigenvalue weighted by molar-refractivity contribution is -0.117. The number of sulfonamides is 1. The monoisotopic (exact) mass is 345 g/mol. The Bertz CT molecular complexity index is 586. The lowest BCUT2D eigenvalue weighted by Gasteiger charge is -2.13. The second-order valence-electron chi connectivity index (χ2n) is 5.18. The van der Waals surface area contributed by atoms with Crippen LogP contribution in [0.1, 0.15) is 20.3 Å². The molecular weight excluding hydrogens is 322 g/mol. The summed E-state index contributed by atoms with van der Waals surface area (Å²) in [7, 11) is -3.52. The van der Waals surface area contributed by atoms with Crippen LogP contribution in [0.4, 0.5) is 5.69 Å². The first kappa shape index (κ1) is 19.0. The molecule has 0 aromatic heterocycles. The van der Waals surface area contributed by atoms with Gasteiger partial charge in [-0.25, -0.2) is 13.1 Å². The summed E-state index contributed by atoms with van der Waals surface area (Å²) in [5.74, 6) is 0.539. The summed E-state index contributed by atoms with van der Waals surface area (Å²) < 4.78 is 26.5. The maximum absolute atomic E-state index is 12.0. The minimum absolute atomic E-state index is 0.158. The van der Waals surface area contributed by atoms with E-state index in [1.54, 1.807) is 37.7 Å². The second kappa shape index (κ2) is 8.52. The van der Waals surface area contributed by atoms with Gasteiger partial charge in [-0.3, -0.25) is 4.79 Å². The zero-order valence-corrected chi connectivity index (χ0v) is 14.6. The summed E-state index contributed by atoms with van der Waals surface area (Å²) >= 11 is 1.63. The van der Waals surface area contributed by atoms with E-state index in [9.17, 15) is 13.2 Å². The van der Waals surface area contributed by atoms with Gasteiger partial charge in [-0.15, -0.1) is 0 Å². The van der Waals surface area contributed by atoms with Crippen molar-refractivity contribution in [1.29, 1.82) is 0 Å². The third-order valence-corrected chi connectivity index (χ3v) is 5.11. The van der Waals surface area contributed by atoms with Crippen LogP contribution in [0.15, 0.2) is 29.2 Å². The number of carbonyl (C=O) groups excluding carboxylic acids is 1. The number of hydrogen-bond acceptors (Lipinski definition) is 5. The molecule has 6 nitrogen and oxygen atoms in total. The van der Waals surface area contributed by atoms with Crippen molar-refractivity contribution in [3.05, 3.63) is 24.3 Å². The fraction of sp³-hybridized carbons (Fsp3) is 0.500. The number of rotatable bonds is 8. The van der Waals surface area contributed by atoms with Gasteiger partial charge in [-0.2, -0.15) is 11.8 Å². The van der Waals surface area contributed by atoms with E-state index < -0.39 is 16.1 Å². The van der Waals surface area contributed by atoms with Crippen LogP contribution in [0.25, 0.3) is 0 Å². The molecule has 0 aliphatic rings. The molecule has 4 N–H and O–H groups in total. The van der Waals surface area contributed by atoms with Crippen LogP contribution in [-0.2, 0) is 14.8 Å². The molecule has 0 bridgehead atoms. The molecule has 1 rings (SSSR count). The van der Waals surface area contributed by atoms with Gasteiger partial charge in [-0.05, 0) is 56.5 Å². The number of nitrogens with one attached hydrogen (secondary N) is 2. The highest BCUT2D eigenvalue weighted by molar-refractivity contribution is 7.98. The fourth-order valence-electron chi connectivity index (χ4n) is 1.71. The van der Waals surface area contributed by atoms with E-state index in [0.29, 0.717) is 12.1 Å². The average molecular weight is 345 g/mol. The van der Waals surface area contributed by atoms with Crippen molar-refractivity contribution >= 4 is 33.4 Å². The Morgan fingerprint density at radius 2 is 1.86 bits per heavy atom. The number of nitrogens with two attached hydrogens (primary N) is 1. The number of anilines is 1. The molecule has 22 heavy (non-hydrogen) atoms. The molecule has 0 saturated carbocycles. The van der Waals surface area contributed by atoms with Crippen LogP contribution in [0.5, 0.6) is 0 Å². The zero-order valence-electron chi connectivity index (χ0n) is 13.0. The van der Waals surface area contributed by atoms with Crippen molar-refractivity contribution in [1.82, 2.24) is 4.72 Å². The van der Waals surface area contributed by atoms with E-state index in [2.05, 4.69) is 10.0 Å². The Labute approximate surface area is 136 Å². The Kier molecular flexibility index (Phi) is 7.34. The molecule has 1 atom stereocenters. The third-order valence-electron chi connectivity index (χ3n) is 2.79. The fourth-order valence-corrected chi connectivity index (χ4v) is 3.45. The van der Waals surface area contributed by atoms with Crippen LogP contribution in [0.2, 0.25) is 0 Å². The molecule has 0 fully saturated rings. The van der Waals surface area contributed by atoms with Gasteiger partial charge >= 0.3 is 0 Å². The summed E-state index contributed by atoms with van der Waals surface area (Å²) in [5.41, 5.74) is 6.30. The number of hydrogen-bond donors (Lipinski definition) is 3. The van der Waals surface area contributed by atoms with Crippen LogP contribution in [-0.4, -0.2) is 38.4 Å². The van der Waals surface area contributed by atoms with Gasteiger partial charge in [0, 0.05) is 11.7 Å². The molecule has 0 unspecified atom stereocenters. The Hall–Kier alpha value is -1.09. The van der Waals surface area contributed by atoms with Crippen LogP contribution < -0.4 is 15.8 Å². The SMILES string of the molecule is CSCC[C@H](N)C(=O)Nc1ccc(S(=O)(=O)NC(C)C)cc1. The van der Waals surface area contributed by atoms with Crippen molar-refractivity contribution < 1.29 is 13.2 Å². The van der Waals surface area contributed by atoms with Crippen molar-refractivity contribution in [2.75, 3.05) is 17.3 Å². The first-order valence-electron chi connectivity index (χ1n) is 6.94. The van der Waals surface area contributed by atoms with E-state index in [1.165, 1.54) is 12.1 Å². The van der Waals surface area contributed by atoms with E-state index in [0.717, 1.165) is 5.75 Å². The predicted octanol–water partition coefficient (Wildman–Crippen LogP) is 1.39. The van der Waals surface area contributed by atoms with Gasteiger partial charge in [0.2, 0.25) is 15.9 Å². The maximum atomic E-state index is 12.0. The number of thioether (sulfide) groups is 1. The highest BCUT2D eigenvalue weighted by Gasteiger charge is 2.16. The first-order chi connectivity index (χ1) is 10.3. The van der Waals surface area contributed by atoms with Crippen molar-refractivity contribution in [2.24, 2.45) is 5.73 Å². The molecule has 124 valence electrons. The summed E-state index contributed by atoms with van der Waals surface area (Å²) in [5, 5.41) is 2.68. The quantitative estimate of drug-likeness (QED) is 0.661. The summed E-state index contributed by atoms with van der Waals surface area (Å²) in [6, 6.07) is 5.25. The molecule has 1 amide bonds. The zero-order chi connectivity index (χ0) is 16.8. The van der Waals surface area contributed by atoms with Gasteiger partial charge in [0.15, 0.2) is 0 Å². The maximum Gasteiger partial charge on any atom is 0.241 e. The Morgan fingerprint density at radius 3 is 2.36 bits per heavy atom. The van der Waals surface area contributed by atoms with Gasteiger partial charge in [0.05, 0.1) is 10.9 Å².